The second kappa shape index (κ2) is 16.5. The number of pyridine rings is 3. The number of carbonyl (C=O) groups is 3. The quantitative estimate of drug-likeness (QED) is 0.155. The molecule has 57 heavy (non-hydrogen) atoms. The van der Waals surface area contributed by atoms with Crippen LogP contribution in [0.2, 0.25) is 10.0 Å². The smallest absolute Gasteiger partial charge is 0.213 e. The summed E-state index contributed by atoms with van der Waals surface area (Å²) in [5, 5.41) is 1.05. The predicted octanol–water partition coefficient (Wildman–Crippen LogP) is 9.73. The zero-order valence-corrected chi connectivity index (χ0v) is 31.2. The number of aromatic nitrogens is 6. The maximum Gasteiger partial charge on any atom is 0.213 e. The van der Waals surface area contributed by atoms with Crippen LogP contribution in [-0.4, -0.2) is 45.5 Å². The fourth-order valence-corrected chi connectivity index (χ4v) is 6.06. The number of rotatable bonds is 6. The van der Waals surface area contributed by atoms with Gasteiger partial charge in [-0.1, -0.05) is 59.6 Å². The van der Waals surface area contributed by atoms with Gasteiger partial charge in [0.2, 0.25) is 17.3 Å². The van der Waals surface area contributed by atoms with Crippen molar-refractivity contribution in [3.05, 3.63) is 213 Å². The summed E-state index contributed by atoms with van der Waals surface area (Å²) in [5.74, 6) is -2.83. The molecule has 282 valence electrons. The molecule has 0 atom stereocenters. The molecule has 3 aromatic carbocycles. The van der Waals surface area contributed by atoms with Gasteiger partial charge in [0.05, 0.1) is 10.0 Å². The Kier molecular flexibility index (Phi) is 11.1. The van der Waals surface area contributed by atoms with Crippen LogP contribution in [0, 0.1) is 24.4 Å². The van der Waals surface area contributed by atoms with Crippen molar-refractivity contribution in [3.8, 4) is 0 Å². The van der Waals surface area contributed by atoms with Gasteiger partial charge in [-0.3, -0.25) is 14.4 Å². The van der Waals surface area contributed by atoms with Crippen LogP contribution < -0.4 is 0 Å². The maximum atomic E-state index is 13.1. The number of carbonyl (C=O) groups excluding carboxylic acids is 3. The molecule has 6 heterocycles. The van der Waals surface area contributed by atoms with Crippen molar-refractivity contribution >= 4 is 57.5 Å². The first kappa shape index (κ1) is 38.4. The topological polar surface area (TPSA) is 103 Å². The summed E-state index contributed by atoms with van der Waals surface area (Å²) in [4.78, 5) is 49.3. The summed E-state index contributed by atoms with van der Waals surface area (Å²) in [6.45, 7) is 1.99. The van der Waals surface area contributed by atoms with Crippen molar-refractivity contribution in [1.82, 2.24) is 28.2 Å². The molecule has 14 heteroatoms. The molecular formula is C43H27Cl2F3N6O3. The van der Waals surface area contributed by atoms with E-state index in [1.807, 2.05) is 47.7 Å². The standard InChI is InChI=1S/C15H12N2O.C14H7ClF2N2O.C14H8ClFN2O/c1-11-6-5-9-14-16-13(10-17(11)14)15(18)12-7-3-2-4-8-12;15-9-1-2-13-18-12(7-19(13)6-9)14(20)8-3-10(16)5-11(17)4-8;15-10-3-6-13-17-12(8-18(13)7-10)14(19)9-1-4-11(16)5-2-9/h2-10H,1H3;1-7H;1-8H. The fourth-order valence-electron chi connectivity index (χ4n) is 5.73. The van der Waals surface area contributed by atoms with Gasteiger partial charge in [0.1, 0.15) is 51.5 Å². The number of ketones is 3. The van der Waals surface area contributed by atoms with Crippen LogP contribution in [0.1, 0.15) is 53.8 Å². The number of benzene rings is 3. The lowest BCUT2D eigenvalue weighted by molar-refractivity contribution is 0.102. The molecular weight excluding hydrogens is 776 g/mol. The molecule has 9 aromatic rings. The second-order valence-corrected chi connectivity index (χ2v) is 13.4. The van der Waals surface area contributed by atoms with Crippen LogP contribution in [0.3, 0.4) is 0 Å². The number of hydrogen-bond donors (Lipinski definition) is 0. The average Bonchev–Trinajstić information content (AvgIpc) is 3.95. The first-order valence-electron chi connectivity index (χ1n) is 17.1. The molecule has 0 fully saturated rings. The third kappa shape index (κ3) is 8.83. The Bertz CT molecular complexity index is 2920. The second-order valence-electron chi connectivity index (χ2n) is 12.5. The van der Waals surface area contributed by atoms with E-state index in [4.69, 9.17) is 23.2 Å². The van der Waals surface area contributed by atoms with Crippen LogP contribution in [0.15, 0.2) is 146 Å². The highest BCUT2D eigenvalue weighted by Crippen LogP contribution is 2.18. The zero-order valence-electron chi connectivity index (χ0n) is 29.7. The molecule has 9 rings (SSSR count). The molecule has 0 radical (unpaired) electrons. The SMILES string of the molecule is Cc1cccc2nc(C(=O)c3ccccc3)cn12.O=C(c1cc(F)cc(F)c1)c1cn2cc(Cl)ccc2n1.O=C(c1ccc(F)cc1)c1cn2cc(Cl)ccc2n1. The van der Waals surface area contributed by atoms with E-state index in [9.17, 15) is 27.6 Å². The Morgan fingerprint density at radius 2 is 0.965 bits per heavy atom. The maximum absolute atomic E-state index is 13.1. The first-order valence-corrected chi connectivity index (χ1v) is 17.8. The van der Waals surface area contributed by atoms with Gasteiger partial charge in [-0.25, -0.2) is 28.1 Å². The van der Waals surface area contributed by atoms with Crippen molar-refractivity contribution < 1.29 is 27.6 Å². The largest absolute Gasteiger partial charge is 0.305 e. The summed E-state index contributed by atoms with van der Waals surface area (Å²) >= 11 is 11.7. The Hall–Kier alpha value is -6.89. The van der Waals surface area contributed by atoms with E-state index in [2.05, 4.69) is 15.0 Å². The summed E-state index contributed by atoms with van der Waals surface area (Å²) in [7, 11) is 0. The number of nitrogens with zero attached hydrogens (tertiary/aromatic N) is 6. The summed E-state index contributed by atoms with van der Waals surface area (Å²) in [5.41, 5.74) is 4.87. The third-order valence-electron chi connectivity index (χ3n) is 8.49. The van der Waals surface area contributed by atoms with E-state index >= 15 is 0 Å². The van der Waals surface area contributed by atoms with Gasteiger partial charge in [-0.2, -0.15) is 0 Å². The van der Waals surface area contributed by atoms with Gasteiger partial charge in [0.25, 0.3) is 0 Å². The van der Waals surface area contributed by atoms with Crippen molar-refractivity contribution in [2.45, 2.75) is 6.92 Å². The predicted molar refractivity (Wildman–Crippen MR) is 210 cm³/mol. The molecule has 0 aliphatic heterocycles. The molecule has 0 aliphatic carbocycles. The molecule has 0 saturated heterocycles. The van der Waals surface area contributed by atoms with Crippen LogP contribution in [-0.2, 0) is 0 Å². The minimum absolute atomic E-state index is 0.0429. The summed E-state index contributed by atoms with van der Waals surface area (Å²) < 4.78 is 44.3. The zero-order chi connectivity index (χ0) is 40.2. The molecule has 0 unspecified atom stereocenters. The normalized spacial score (nSPS) is 10.8. The fraction of sp³-hybridized carbons (Fsp3) is 0.0233. The van der Waals surface area contributed by atoms with Gasteiger partial charge in [0, 0.05) is 59.4 Å². The van der Waals surface area contributed by atoms with E-state index in [1.54, 1.807) is 70.0 Å². The number of halogens is 5. The van der Waals surface area contributed by atoms with Gasteiger partial charge in [-0.15, -0.1) is 0 Å². The van der Waals surface area contributed by atoms with Crippen molar-refractivity contribution in [1.29, 1.82) is 0 Å². The number of hydrogen-bond acceptors (Lipinski definition) is 6. The average molecular weight is 804 g/mol. The van der Waals surface area contributed by atoms with E-state index in [1.165, 1.54) is 30.5 Å². The van der Waals surface area contributed by atoms with Gasteiger partial charge in [-0.05, 0) is 79.7 Å². The Morgan fingerprint density at radius 3 is 1.51 bits per heavy atom. The highest BCUT2D eigenvalue weighted by atomic mass is 35.5. The summed E-state index contributed by atoms with van der Waals surface area (Å²) in [6, 6.07) is 29.8. The molecule has 0 amide bonds. The van der Waals surface area contributed by atoms with E-state index in [0.717, 1.165) is 23.5 Å². The molecule has 0 bridgehead atoms. The van der Waals surface area contributed by atoms with E-state index in [0.29, 0.717) is 49.9 Å². The monoisotopic (exact) mass is 802 g/mol. The number of aryl methyl sites for hydroxylation is 1. The minimum Gasteiger partial charge on any atom is -0.305 e. The van der Waals surface area contributed by atoms with Crippen LogP contribution in [0.5, 0.6) is 0 Å². The van der Waals surface area contributed by atoms with Crippen molar-refractivity contribution in [2.24, 2.45) is 0 Å². The Labute approximate surface area is 332 Å². The van der Waals surface area contributed by atoms with Crippen LogP contribution in [0.25, 0.3) is 16.9 Å². The molecule has 9 nitrogen and oxygen atoms in total. The van der Waals surface area contributed by atoms with Crippen molar-refractivity contribution in [2.75, 3.05) is 0 Å². The molecule has 0 N–H and O–H groups in total. The van der Waals surface area contributed by atoms with Gasteiger partial charge >= 0.3 is 0 Å². The Morgan fingerprint density at radius 1 is 0.474 bits per heavy atom. The highest BCUT2D eigenvalue weighted by Gasteiger charge is 2.17. The lowest BCUT2D eigenvalue weighted by Crippen LogP contribution is -2.03. The van der Waals surface area contributed by atoms with Crippen molar-refractivity contribution in [3.63, 3.8) is 0 Å². The minimum atomic E-state index is -0.805. The lowest BCUT2D eigenvalue weighted by atomic mass is 10.1. The summed E-state index contributed by atoms with van der Waals surface area (Å²) in [6.07, 6.45) is 8.12. The molecule has 6 aromatic heterocycles. The molecule has 0 aliphatic rings. The van der Waals surface area contributed by atoms with Gasteiger partial charge < -0.3 is 13.2 Å². The first-order chi connectivity index (χ1) is 27.4. The van der Waals surface area contributed by atoms with Crippen LogP contribution >= 0.6 is 23.2 Å². The number of fused-ring (bicyclic) bond motifs is 3. The van der Waals surface area contributed by atoms with E-state index < -0.39 is 17.4 Å². The Balaban J connectivity index is 0.000000131. The highest BCUT2D eigenvalue weighted by molar-refractivity contribution is 6.30. The third-order valence-corrected chi connectivity index (χ3v) is 8.94. The lowest BCUT2D eigenvalue weighted by Gasteiger charge is -1.98. The van der Waals surface area contributed by atoms with Crippen LogP contribution in [0.4, 0.5) is 13.2 Å². The van der Waals surface area contributed by atoms with Gasteiger partial charge in [0.15, 0.2) is 0 Å². The molecule has 0 spiro atoms. The van der Waals surface area contributed by atoms with E-state index in [-0.39, 0.29) is 28.6 Å². The number of imidazole rings is 3. The molecule has 0 saturated carbocycles.